The van der Waals surface area contributed by atoms with Crippen molar-refractivity contribution >= 4 is 23.6 Å². The molecule has 2 amide bonds. The van der Waals surface area contributed by atoms with Gasteiger partial charge in [0.15, 0.2) is 0 Å². The van der Waals surface area contributed by atoms with Gasteiger partial charge >= 0.3 is 0 Å². The van der Waals surface area contributed by atoms with Crippen LogP contribution in [0.5, 0.6) is 5.75 Å². The summed E-state index contributed by atoms with van der Waals surface area (Å²) in [6.07, 6.45) is 1.40. The number of benzene rings is 2. The summed E-state index contributed by atoms with van der Waals surface area (Å²) in [6.45, 7) is 6.33. The Morgan fingerprint density at radius 2 is 1.70 bits per heavy atom. The van der Waals surface area contributed by atoms with E-state index in [4.69, 9.17) is 4.74 Å². The number of carbonyl (C=O) groups is 2. The van der Waals surface area contributed by atoms with Crippen LogP contribution in [0.4, 0.5) is 0 Å². The van der Waals surface area contributed by atoms with Gasteiger partial charge in [0.25, 0.3) is 0 Å². The maximum Gasteiger partial charge on any atom is 0.243 e. The van der Waals surface area contributed by atoms with Crippen LogP contribution in [0, 0.1) is 0 Å². The Bertz CT molecular complexity index is 796. The van der Waals surface area contributed by atoms with E-state index in [1.165, 1.54) is 11.8 Å². The van der Waals surface area contributed by atoms with Crippen molar-refractivity contribution in [1.82, 2.24) is 10.2 Å². The predicted molar refractivity (Wildman–Crippen MR) is 123 cm³/mol. The van der Waals surface area contributed by atoms with Crippen LogP contribution in [0.1, 0.15) is 39.2 Å². The number of carbonyl (C=O) groups excluding carboxylic acids is 2. The molecule has 0 heterocycles. The summed E-state index contributed by atoms with van der Waals surface area (Å²) in [6, 6.07) is 17.0. The second-order valence-electron chi connectivity index (χ2n) is 7.21. The number of hydrogen-bond acceptors (Lipinski definition) is 4. The van der Waals surface area contributed by atoms with Crippen molar-refractivity contribution in [3.8, 4) is 5.75 Å². The highest BCUT2D eigenvalue weighted by atomic mass is 32.2. The summed E-state index contributed by atoms with van der Waals surface area (Å²) in [4.78, 5) is 28.9. The number of nitrogens with one attached hydrogen (secondary N) is 1. The zero-order chi connectivity index (χ0) is 21.9. The molecule has 2 aromatic carbocycles. The molecule has 0 unspecified atom stereocenters. The van der Waals surface area contributed by atoms with Crippen LogP contribution in [0.15, 0.2) is 59.5 Å². The van der Waals surface area contributed by atoms with Crippen molar-refractivity contribution in [3.05, 3.63) is 60.2 Å². The van der Waals surface area contributed by atoms with Crippen LogP contribution >= 0.6 is 11.8 Å². The molecule has 0 aliphatic heterocycles. The third-order valence-corrected chi connectivity index (χ3v) is 6.00. The summed E-state index contributed by atoms with van der Waals surface area (Å²) < 4.78 is 5.22. The average Bonchev–Trinajstić information content (AvgIpc) is 2.78. The second kappa shape index (κ2) is 12.3. The van der Waals surface area contributed by atoms with Gasteiger partial charge in [-0.2, -0.15) is 0 Å². The number of amides is 2. The van der Waals surface area contributed by atoms with E-state index in [9.17, 15) is 9.59 Å². The largest absolute Gasteiger partial charge is 0.497 e. The van der Waals surface area contributed by atoms with Crippen LogP contribution in [0.3, 0.4) is 0 Å². The van der Waals surface area contributed by atoms with Crippen molar-refractivity contribution < 1.29 is 14.3 Å². The van der Waals surface area contributed by atoms with E-state index in [0.29, 0.717) is 13.0 Å². The van der Waals surface area contributed by atoms with Crippen molar-refractivity contribution in [2.45, 2.75) is 57.1 Å². The van der Waals surface area contributed by atoms with E-state index in [-0.39, 0.29) is 23.6 Å². The maximum absolute atomic E-state index is 13.2. The zero-order valence-electron chi connectivity index (χ0n) is 18.3. The number of nitrogens with zero attached hydrogens (tertiary/aromatic N) is 1. The lowest BCUT2D eigenvalue weighted by Crippen LogP contribution is -2.51. The third kappa shape index (κ3) is 7.10. The Labute approximate surface area is 184 Å². The van der Waals surface area contributed by atoms with Gasteiger partial charge in [-0.05, 0) is 49.6 Å². The molecule has 0 radical (unpaired) electrons. The Morgan fingerprint density at radius 1 is 1.03 bits per heavy atom. The van der Waals surface area contributed by atoms with E-state index in [1.54, 1.807) is 12.0 Å². The topological polar surface area (TPSA) is 58.6 Å². The normalized spacial score (nSPS) is 12.7. The molecule has 0 spiro atoms. The minimum Gasteiger partial charge on any atom is -0.497 e. The first-order valence-electron chi connectivity index (χ1n) is 10.4. The molecule has 0 aliphatic carbocycles. The van der Waals surface area contributed by atoms with E-state index in [0.717, 1.165) is 22.6 Å². The van der Waals surface area contributed by atoms with Crippen LogP contribution < -0.4 is 10.1 Å². The molecule has 0 fully saturated rings. The monoisotopic (exact) mass is 428 g/mol. The van der Waals surface area contributed by atoms with Gasteiger partial charge in [-0.3, -0.25) is 9.59 Å². The molecular formula is C24H32N2O3S. The van der Waals surface area contributed by atoms with E-state index < -0.39 is 6.04 Å². The Morgan fingerprint density at radius 3 is 2.27 bits per heavy atom. The van der Waals surface area contributed by atoms with Gasteiger partial charge in [0.2, 0.25) is 11.8 Å². The van der Waals surface area contributed by atoms with Crippen molar-refractivity contribution in [1.29, 1.82) is 0 Å². The van der Waals surface area contributed by atoms with Crippen molar-refractivity contribution in [3.63, 3.8) is 0 Å². The summed E-state index contributed by atoms with van der Waals surface area (Å²) >= 11 is 1.49. The first kappa shape index (κ1) is 23.8. The van der Waals surface area contributed by atoms with Gasteiger partial charge in [0.1, 0.15) is 11.8 Å². The summed E-state index contributed by atoms with van der Waals surface area (Å²) in [5.74, 6) is 0.898. The highest BCUT2D eigenvalue weighted by Gasteiger charge is 2.29. The third-order valence-electron chi connectivity index (χ3n) is 5.00. The molecule has 0 aliphatic rings. The van der Waals surface area contributed by atoms with Gasteiger partial charge in [0.05, 0.1) is 12.9 Å². The van der Waals surface area contributed by atoms with Crippen molar-refractivity contribution in [2.24, 2.45) is 0 Å². The maximum atomic E-state index is 13.2. The van der Waals surface area contributed by atoms with Crippen LogP contribution in [-0.2, 0) is 16.1 Å². The van der Waals surface area contributed by atoms with Gasteiger partial charge in [-0.25, -0.2) is 0 Å². The summed E-state index contributed by atoms with van der Waals surface area (Å²) in [5.41, 5.74) is 0.962. The predicted octanol–water partition coefficient (Wildman–Crippen LogP) is 4.51. The molecule has 0 saturated carbocycles. The molecule has 2 rings (SSSR count). The first-order valence-corrected chi connectivity index (χ1v) is 11.4. The number of ether oxygens (including phenoxy) is 1. The number of hydrogen-bond donors (Lipinski definition) is 1. The zero-order valence-corrected chi connectivity index (χ0v) is 19.1. The number of rotatable bonds is 11. The van der Waals surface area contributed by atoms with E-state index in [2.05, 4.69) is 5.32 Å². The molecule has 0 bridgehead atoms. The molecule has 1 N–H and O–H groups in total. The molecule has 0 aromatic heterocycles. The SMILES string of the molecule is CC[C@H](C(=O)N[C@@H](C)CC)N(Cc1ccc(OC)cc1)C(=O)CSc1ccccc1. The van der Waals surface area contributed by atoms with Gasteiger partial charge < -0.3 is 15.0 Å². The summed E-state index contributed by atoms with van der Waals surface area (Å²) in [7, 11) is 1.62. The smallest absolute Gasteiger partial charge is 0.243 e. The fourth-order valence-corrected chi connectivity index (χ4v) is 3.84. The molecule has 2 aromatic rings. The van der Waals surface area contributed by atoms with Crippen molar-refractivity contribution in [2.75, 3.05) is 12.9 Å². The molecule has 162 valence electrons. The quantitative estimate of drug-likeness (QED) is 0.535. The van der Waals surface area contributed by atoms with Gasteiger partial charge in [-0.15, -0.1) is 11.8 Å². The minimum atomic E-state index is -0.509. The molecule has 30 heavy (non-hydrogen) atoms. The molecule has 6 heteroatoms. The summed E-state index contributed by atoms with van der Waals surface area (Å²) in [5, 5.41) is 3.03. The lowest BCUT2D eigenvalue weighted by Gasteiger charge is -2.31. The molecule has 5 nitrogen and oxygen atoms in total. The Hall–Kier alpha value is -2.47. The average molecular weight is 429 g/mol. The highest BCUT2D eigenvalue weighted by molar-refractivity contribution is 8.00. The standard InChI is InChI=1S/C24H32N2O3S/c1-5-18(3)25-24(28)22(6-2)26(16-19-12-14-20(29-4)15-13-19)23(27)17-30-21-10-8-7-9-11-21/h7-15,18,22H,5-6,16-17H2,1-4H3,(H,25,28)/t18-,22+/m0/s1. The van der Waals surface area contributed by atoms with Crippen LogP contribution in [0.2, 0.25) is 0 Å². The number of methoxy groups -OCH3 is 1. The highest BCUT2D eigenvalue weighted by Crippen LogP contribution is 2.21. The van der Waals surface area contributed by atoms with E-state index >= 15 is 0 Å². The number of thioether (sulfide) groups is 1. The Balaban J connectivity index is 2.19. The fourth-order valence-electron chi connectivity index (χ4n) is 3.03. The van der Waals surface area contributed by atoms with Gasteiger partial charge in [-0.1, -0.05) is 44.2 Å². The fraction of sp³-hybridized carbons (Fsp3) is 0.417. The molecular weight excluding hydrogens is 396 g/mol. The molecule has 0 saturated heterocycles. The van der Waals surface area contributed by atoms with Crippen LogP contribution in [-0.4, -0.2) is 41.7 Å². The lowest BCUT2D eigenvalue weighted by atomic mass is 10.1. The second-order valence-corrected chi connectivity index (χ2v) is 8.26. The minimum absolute atomic E-state index is 0.0502. The van der Waals surface area contributed by atoms with Gasteiger partial charge in [0, 0.05) is 17.5 Å². The van der Waals surface area contributed by atoms with Crippen LogP contribution in [0.25, 0.3) is 0 Å². The molecule has 2 atom stereocenters. The first-order chi connectivity index (χ1) is 14.5. The lowest BCUT2D eigenvalue weighted by molar-refractivity contribution is -0.139. The van der Waals surface area contributed by atoms with E-state index in [1.807, 2.05) is 75.4 Å². The Kier molecular flexibility index (Phi) is 9.74.